The molecule has 0 aliphatic heterocycles. The van der Waals surface area contributed by atoms with Gasteiger partial charge in [-0.3, -0.25) is 9.97 Å². The predicted molar refractivity (Wildman–Crippen MR) is 81.4 cm³/mol. The van der Waals surface area contributed by atoms with E-state index in [0.29, 0.717) is 12.4 Å². The highest BCUT2D eigenvalue weighted by Gasteiger charge is 2.03. The number of hydrogen-bond donors (Lipinski definition) is 1. The largest absolute Gasteiger partial charge is 0.497 e. The molecule has 5 nitrogen and oxygen atoms in total. The molecule has 0 spiro atoms. The van der Waals surface area contributed by atoms with E-state index in [-0.39, 0.29) is 6.04 Å². The van der Waals surface area contributed by atoms with Gasteiger partial charge < -0.3 is 15.2 Å². The van der Waals surface area contributed by atoms with Crippen molar-refractivity contribution in [1.82, 2.24) is 9.97 Å². The third-order valence-electron chi connectivity index (χ3n) is 2.93. The van der Waals surface area contributed by atoms with Crippen molar-refractivity contribution in [2.24, 2.45) is 5.73 Å². The lowest BCUT2D eigenvalue weighted by molar-refractivity contribution is 0.298. The highest BCUT2D eigenvalue weighted by Crippen LogP contribution is 2.16. The second-order valence-corrected chi connectivity index (χ2v) is 5.10. The van der Waals surface area contributed by atoms with Crippen LogP contribution in [0.1, 0.15) is 24.0 Å². The van der Waals surface area contributed by atoms with E-state index < -0.39 is 0 Å². The summed E-state index contributed by atoms with van der Waals surface area (Å²) >= 11 is 0. The van der Waals surface area contributed by atoms with Crippen LogP contribution in [0, 0.1) is 6.92 Å². The Hall–Kier alpha value is -2.14. The lowest BCUT2D eigenvalue weighted by atomic mass is 10.2. The van der Waals surface area contributed by atoms with Crippen molar-refractivity contribution >= 4 is 0 Å². The van der Waals surface area contributed by atoms with E-state index in [2.05, 4.69) is 9.97 Å². The zero-order valence-corrected chi connectivity index (χ0v) is 12.7. The van der Waals surface area contributed by atoms with E-state index in [1.165, 1.54) is 0 Å². The SMILES string of the molecule is COc1cc(C)nc(COc2ccc(CC(C)N)nc2)c1. The molecular weight excluding hydrogens is 266 g/mol. The third kappa shape index (κ3) is 4.72. The lowest BCUT2D eigenvalue weighted by Gasteiger charge is -2.09. The van der Waals surface area contributed by atoms with Crippen molar-refractivity contribution in [3.63, 3.8) is 0 Å². The molecule has 0 saturated heterocycles. The van der Waals surface area contributed by atoms with Crippen molar-refractivity contribution in [2.75, 3.05) is 7.11 Å². The van der Waals surface area contributed by atoms with Gasteiger partial charge in [-0.1, -0.05) is 0 Å². The minimum absolute atomic E-state index is 0.105. The molecule has 2 N–H and O–H groups in total. The molecule has 0 bridgehead atoms. The van der Waals surface area contributed by atoms with Crippen LogP contribution in [0.4, 0.5) is 0 Å². The minimum atomic E-state index is 0.105. The van der Waals surface area contributed by atoms with Crippen LogP contribution in [0.2, 0.25) is 0 Å². The van der Waals surface area contributed by atoms with Crippen molar-refractivity contribution in [3.05, 3.63) is 47.5 Å². The van der Waals surface area contributed by atoms with Gasteiger partial charge >= 0.3 is 0 Å². The second-order valence-electron chi connectivity index (χ2n) is 5.10. The van der Waals surface area contributed by atoms with Crippen LogP contribution in [0.15, 0.2) is 30.5 Å². The van der Waals surface area contributed by atoms with Crippen LogP contribution in [-0.2, 0) is 13.0 Å². The van der Waals surface area contributed by atoms with Gasteiger partial charge in [-0.25, -0.2) is 0 Å². The van der Waals surface area contributed by atoms with Gasteiger partial charge in [-0.15, -0.1) is 0 Å². The molecule has 0 aliphatic carbocycles. The number of rotatable bonds is 6. The normalized spacial score (nSPS) is 12.0. The Balaban J connectivity index is 1.98. The number of ether oxygens (including phenoxy) is 2. The highest BCUT2D eigenvalue weighted by molar-refractivity contribution is 5.27. The Kier molecular flexibility index (Phi) is 5.11. The number of nitrogens with two attached hydrogens (primary N) is 1. The maximum Gasteiger partial charge on any atom is 0.138 e. The Morgan fingerprint density at radius 1 is 1.19 bits per heavy atom. The fourth-order valence-electron chi connectivity index (χ4n) is 2.00. The average molecular weight is 287 g/mol. The molecule has 112 valence electrons. The van der Waals surface area contributed by atoms with Gasteiger partial charge in [0.05, 0.1) is 19.0 Å². The first-order chi connectivity index (χ1) is 10.1. The molecule has 2 aromatic heterocycles. The van der Waals surface area contributed by atoms with Gasteiger partial charge in [0, 0.05) is 36.0 Å². The standard InChI is InChI=1S/C16H21N3O2/c1-11(17)6-13-4-5-15(9-18-13)21-10-14-8-16(20-3)7-12(2)19-14/h4-5,7-9,11H,6,10,17H2,1-3H3. The van der Waals surface area contributed by atoms with E-state index in [1.54, 1.807) is 13.3 Å². The van der Waals surface area contributed by atoms with E-state index in [4.69, 9.17) is 15.2 Å². The molecule has 2 heterocycles. The summed E-state index contributed by atoms with van der Waals surface area (Å²) in [6.07, 6.45) is 2.47. The Morgan fingerprint density at radius 2 is 2.00 bits per heavy atom. The molecule has 1 atom stereocenters. The molecule has 0 saturated carbocycles. The third-order valence-corrected chi connectivity index (χ3v) is 2.93. The predicted octanol–water partition coefficient (Wildman–Crippen LogP) is 2.26. The zero-order valence-electron chi connectivity index (χ0n) is 12.7. The van der Waals surface area contributed by atoms with Gasteiger partial charge in [0.15, 0.2) is 0 Å². The first-order valence-corrected chi connectivity index (χ1v) is 6.91. The lowest BCUT2D eigenvalue weighted by Crippen LogP contribution is -2.18. The van der Waals surface area contributed by atoms with Gasteiger partial charge in [0.2, 0.25) is 0 Å². The number of aryl methyl sites for hydroxylation is 1. The molecule has 5 heteroatoms. The number of pyridine rings is 2. The first kappa shape index (κ1) is 15.3. The molecule has 2 rings (SSSR count). The number of aromatic nitrogens is 2. The van der Waals surface area contributed by atoms with Crippen LogP contribution in [0.5, 0.6) is 11.5 Å². The van der Waals surface area contributed by atoms with Crippen LogP contribution >= 0.6 is 0 Å². The van der Waals surface area contributed by atoms with Gasteiger partial charge in [0.25, 0.3) is 0 Å². The monoisotopic (exact) mass is 287 g/mol. The summed E-state index contributed by atoms with van der Waals surface area (Å²) in [5, 5.41) is 0. The summed E-state index contributed by atoms with van der Waals surface area (Å²) < 4.78 is 10.9. The minimum Gasteiger partial charge on any atom is -0.497 e. The van der Waals surface area contributed by atoms with Crippen LogP contribution in [0.25, 0.3) is 0 Å². The van der Waals surface area contributed by atoms with Crippen LogP contribution in [0.3, 0.4) is 0 Å². The molecule has 0 amide bonds. The topological polar surface area (TPSA) is 70.3 Å². The van der Waals surface area contributed by atoms with E-state index >= 15 is 0 Å². The van der Waals surface area contributed by atoms with Crippen molar-refractivity contribution in [2.45, 2.75) is 32.9 Å². The quantitative estimate of drug-likeness (QED) is 0.882. The number of nitrogens with zero attached hydrogens (tertiary/aromatic N) is 2. The molecule has 2 aromatic rings. The fraction of sp³-hybridized carbons (Fsp3) is 0.375. The maximum atomic E-state index is 5.75. The van der Waals surface area contributed by atoms with E-state index in [1.807, 2.05) is 38.1 Å². The molecule has 0 radical (unpaired) electrons. The van der Waals surface area contributed by atoms with Gasteiger partial charge in [0.1, 0.15) is 18.1 Å². The summed E-state index contributed by atoms with van der Waals surface area (Å²) in [6, 6.07) is 7.69. The second kappa shape index (κ2) is 7.04. The first-order valence-electron chi connectivity index (χ1n) is 6.91. The Morgan fingerprint density at radius 3 is 2.62 bits per heavy atom. The average Bonchev–Trinajstić information content (AvgIpc) is 2.45. The van der Waals surface area contributed by atoms with Crippen molar-refractivity contribution < 1.29 is 9.47 Å². The molecular formula is C16H21N3O2. The Labute approximate surface area is 125 Å². The fourth-order valence-corrected chi connectivity index (χ4v) is 2.00. The molecule has 0 fully saturated rings. The summed E-state index contributed by atoms with van der Waals surface area (Å²) in [5.74, 6) is 1.50. The molecule has 21 heavy (non-hydrogen) atoms. The summed E-state index contributed by atoms with van der Waals surface area (Å²) in [4.78, 5) is 8.74. The van der Waals surface area contributed by atoms with Gasteiger partial charge in [-0.05, 0) is 26.0 Å². The van der Waals surface area contributed by atoms with E-state index in [0.717, 1.165) is 29.3 Å². The Bertz CT molecular complexity index is 583. The molecule has 0 aromatic carbocycles. The van der Waals surface area contributed by atoms with Crippen molar-refractivity contribution in [1.29, 1.82) is 0 Å². The van der Waals surface area contributed by atoms with Crippen LogP contribution < -0.4 is 15.2 Å². The maximum absolute atomic E-state index is 5.75. The summed E-state index contributed by atoms with van der Waals surface area (Å²) in [7, 11) is 1.64. The van der Waals surface area contributed by atoms with E-state index in [9.17, 15) is 0 Å². The number of methoxy groups -OCH3 is 1. The van der Waals surface area contributed by atoms with Crippen LogP contribution in [-0.4, -0.2) is 23.1 Å². The number of hydrogen-bond acceptors (Lipinski definition) is 5. The highest BCUT2D eigenvalue weighted by atomic mass is 16.5. The van der Waals surface area contributed by atoms with Gasteiger partial charge in [-0.2, -0.15) is 0 Å². The molecule has 0 aliphatic rings. The zero-order chi connectivity index (χ0) is 15.2. The smallest absolute Gasteiger partial charge is 0.138 e. The summed E-state index contributed by atoms with van der Waals surface area (Å²) in [6.45, 7) is 4.27. The molecule has 1 unspecified atom stereocenters. The summed E-state index contributed by atoms with van der Waals surface area (Å²) in [5.41, 5.74) is 8.44. The van der Waals surface area contributed by atoms with Crippen molar-refractivity contribution in [3.8, 4) is 11.5 Å².